The number of nitrogens with one attached hydrogen (secondary N) is 1. The highest BCUT2D eigenvalue weighted by molar-refractivity contribution is 6.77. The molecule has 1 aliphatic carbocycles. The monoisotopic (exact) mass is 457 g/mol. The van der Waals surface area contributed by atoms with Crippen molar-refractivity contribution >= 4 is 14.0 Å². The zero-order chi connectivity index (χ0) is 23.1. The van der Waals surface area contributed by atoms with Crippen molar-refractivity contribution in [3.8, 4) is 0 Å². The molecule has 180 valence electrons. The molecule has 2 saturated heterocycles. The van der Waals surface area contributed by atoms with Crippen molar-refractivity contribution in [3.63, 3.8) is 0 Å². The minimum atomic E-state index is -1.77. The van der Waals surface area contributed by atoms with Crippen LogP contribution in [0.5, 0.6) is 0 Å². The Bertz CT molecular complexity index is 640. The van der Waals surface area contributed by atoms with Gasteiger partial charge in [0.15, 0.2) is 11.7 Å². The third-order valence-corrected chi connectivity index (χ3v) is 8.79. The van der Waals surface area contributed by atoms with Crippen LogP contribution in [0.2, 0.25) is 19.6 Å². The van der Waals surface area contributed by atoms with Gasteiger partial charge in [0.1, 0.15) is 8.07 Å². The van der Waals surface area contributed by atoms with Crippen molar-refractivity contribution in [2.75, 3.05) is 20.3 Å². The normalized spacial score (nSPS) is 37.7. The van der Waals surface area contributed by atoms with E-state index in [2.05, 4.69) is 45.7 Å². The number of hydrogen-bond donors (Lipinski definition) is 1. The summed E-state index contributed by atoms with van der Waals surface area (Å²) in [6.07, 6.45) is 3.86. The lowest BCUT2D eigenvalue weighted by molar-refractivity contribution is -0.370. The molecule has 1 N–H and O–H groups in total. The summed E-state index contributed by atoms with van der Waals surface area (Å²) >= 11 is 0. The lowest BCUT2D eigenvalue weighted by atomic mass is 9.67. The topological polar surface area (TPSA) is 75.3 Å². The summed E-state index contributed by atoms with van der Waals surface area (Å²) in [7, 11) is -0.0927. The first-order valence-corrected chi connectivity index (χ1v) is 15.4. The average molecular weight is 458 g/mol. The van der Waals surface area contributed by atoms with Crippen LogP contribution in [0, 0.1) is 23.2 Å². The molecule has 2 heterocycles. The van der Waals surface area contributed by atoms with E-state index in [1.54, 1.807) is 7.05 Å². The summed E-state index contributed by atoms with van der Waals surface area (Å²) in [6, 6.07) is 0. The van der Waals surface area contributed by atoms with Crippen LogP contribution in [0.3, 0.4) is 0 Å². The highest BCUT2D eigenvalue weighted by Gasteiger charge is 2.60. The van der Waals surface area contributed by atoms with E-state index in [0.717, 1.165) is 25.7 Å². The fraction of sp³-hybridized carbons (Fsp3) is 0.957. The van der Waals surface area contributed by atoms with Gasteiger partial charge in [-0.05, 0) is 32.1 Å². The van der Waals surface area contributed by atoms with Gasteiger partial charge in [-0.2, -0.15) is 4.89 Å². The van der Waals surface area contributed by atoms with Crippen LogP contribution < -0.4 is 5.32 Å². The molecular formula is C23H43NO6Si. The Morgan fingerprint density at radius 3 is 2.29 bits per heavy atom. The van der Waals surface area contributed by atoms with E-state index in [1.807, 2.05) is 6.92 Å². The average Bonchev–Trinajstić information content (AvgIpc) is 3.13. The Labute approximate surface area is 188 Å². The predicted octanol–water partition coefficient (Wildman–Crippen LogP) is 4.23. The molecule has 5 atom stereocenters. The molecule has 0 aromatic rings. The van der Waals surface area contributed by atoms with E-state index in [9.17, 15) is 4.79 Å². The van der Waals surface area contributed by atoms with Crippen LogP contribution in [0.15, 0.2) is 0 Å². The number of hydrogen-bond acceptors (Lipinski definition) is 6. The molecule has 0 aromatic carbocycles. The van der Waals surface area contributed by atoms with Crippen molar-refractivity contribution in [2.45, 2.75) is 96.9 Å². The van der Waals surface area contributed by atoms with Crippen LogP contribution in [-0.2, 0) is 28.8 Å². The molecule has 0 aromatic heterocycles. The maximum Gasteiger partial charge on any atom is 0.220 e. The number of rotatable bonds is 6. The standard InChI is InChI=1S/C23H43NO6Si/c1-16-9-10-17(13-19(25)24-5)23(28-20(29-30-23)31(6,7)8)18(16)11-12-22(4)26-14-21(2,3)15-27-22/h16-18,20H,9-15H2,1-8H3,(H,24,25)/t16-,17?,18+,20?,23?/m1/s1. The van der Waals surface area contributed by atoms with Gasteiger partial charge in [-0.3, -0.25) is 4.79 Å². The second-order valence-electron chi connectivity index (χ2n) is 11.9. The maximum atomic E-state index is 12.3. The zero-order valence-electron chi connectivity index (χ0n) is 20.7. The molecule has 3 fully saturated rings. The summed E-state index contributed by atoms with van der Waals surface area (Å²) in [6.45, 7) is 16.6. The first-order chi connectivity index (χ1) is 14.3. The lowest BCUT2D eigenvalue weighted by Crippen LogP contribution is -2.55. The molecule has 2 aliphatic heterocycles. The van der Waals surface area contributed by atoms with Gasteiger partial charge in [-0.15, -0.1) is 0 Å². The third-order valence-electron chi connectivity index (χ3n) is 7.16. The fourth-order valence-corrected chi connectivity index (χ4v) is 5.80. The van der Waals surface area contributed by atoms with Crippen molar-refractivity contribution in [1.82, 2.24) is 5.32 Å². The quantitative estimate of drug-likeness (QED) is 0.475. The molecule has 0 radical (unpaired) electrons. The minimum absolute atomic E-state index is 0.00877. The van der Waals surface area contributed by atoms with Crippen molar-refractivity contribution in [3.05, 3.63) is 0 Å². The Morgan fingerprint density at radius 2 is 1.74 bits per heavy atom. The van der Waals surface area contributed by atoms with Crippen LogP contribution in [0.25, 0.3) is 0 Å². The predicted molar refractivity (Wildman–Crippen MR) is 121 cm³/mol. The van der Waals surface area contributed by atoms with Crippen LogP contribution >= 0.6 is 0 Å². The highest BCUT2D eigenvalue weighted by Crippen LogP contribution is 2.53. The number of carbonyl (C=O) groups excluding carboxylic acids is 1. The Hall–Kier alpha value is -0.513. The molecule has 3 rings (SSSR count). The van der Waals surface area contributed by atoms with E-state index in [0.29, 0.717) is 25.6 Å². The Morgan fingerprint density at radius 1 is 1.10 bits per heavy atom. The number of ether oxygens (including phenoxy) is 3. The van der Waals surface area contributed by atoms with Gasteiger partial charge < -0.3 is 19.5 Å². The van der Waals surface area contributed by atoms with Gasteiger partial charge in [-0.1, -0.05) is 40.4 Å². The van der Waals surface area contributed by atoms with Gasteiger partial charge in [0.25, 0.3) is 0 Å². The molecular weight excluding hydrogens is 414 g/mol. The van der Waals surface area contributed by atoms with E-state index in [-0.39, 0.29) is 29.1 Å². The van der Waals surface area contributed by atoms with E-state index in [4.69, 9.17) is 24.0 Å². The molecule has 7 nitrogen and oxygen atoms in total. The maximum absolute atomic E-state index is 12.3. The summed E-state index contributed by atoms with van der Waals surface area (Å²) < 4.78 is 19.0. The molecule has 3 unspecified atom stereocenters. The molecule has 31 heavy (non-hydrogen) atoms. The second-order valence-corrected chi connectivity index (χ2v) is 17.1. The Kier molecular flexibility index (Phi) is 7.31. The fourth-order valence-electron chi connectivity index (χ4n) is 4.92. The summed E-state index contributed by atoms with van der Waals surface area (Å²) in [5.41, 5.74) is 0.0353. The summed E-state index contributed by atoms with van der Waals surface area (Å²) in [5.74, 6) is -1.42. The SMILES string of the molecule is CNC(=O)CC1CC[C@@H](C)[C@H](CCC2(C)OCC(C)(C)CO2)C12OOC([Si](C)(C)C)O2. The summed E-state index contributed by atoms with van der Waals surface area (Å²) in [5, 5.41) is 2.76. The van der Waals surface area contributed by atoms with Gasteiger partial charge in [0.2, 0.25) is 11.7 Å². The van der Waals surface area contributed by atoms with Crippen LogP contribution in [-0.4, -0.2) is 51.7 Å². The largest absolute Gasteiger partial charge is 0.359 e. The molecule has 8 heteroatoms. The first kappa shape index (κ1) is 25.1. The second kappa shape index (κ2) is 9.03. The minimum Gasteiger partial charge on any atom is -0.359 e. The zero-order valence-corrected chi connectivity index (χ0v) is 21.7. The van der Waals surface area contributed by atoms with Crippen LogP contribution in [0.1, 0.15) is 59.8 Å². The molecule has 0 bridgehead atoms. The van der Waals surface area contributed by atoms with Gasteiger partial charge >= 0.3 is 0 Å². The highest BCUT2D eigenvalue weighted by atomic mass is 28.3. The number of amides is 1. The van der Waals surface area contributed by atoms with Crippen LogP contribution in [0.4, 0.5) is 0 Å². The van der Waals surface area contributed by atoms with E-state index < -0.39 is 19.6 Å². The van der Waals surface area contributed by atoms with E-state index >= 15 is 0 Å². The smallest absolute Gasteiger partial charge is 0.220 e. The summed E-state index contributed by atoms with van der Waals surface area (Å²) in [4.78, 5) is 24.3. The molecule has 1 spiro atoms. The first-order valence-electron chi connectivity index (χ1n) is 11.8. The lowest BCUT2D eigenvalue weighted by Gasteiger charge is -2.48. The molecule has 1 saturated carbocycles. The number of carbonyl (C=O) groups is 1. The van der Waals surface area contributed by atoms with E-state index in [1.165, 1.54) is 0 Å². The van der Waals surface area contributed by atoms with Gasteiger partial charge in [-0.25, -0.2) is 4.89 Å². The Balaban J connectivity index is 1.80. The molecule has 3 aliphatic rings. The van der Waals surface area contributed by atoms with Crippen molar-refractivity contribution < 1.29 is 28.8 Å². The van der Waals surface area contributed by atoms with Crippen molar-refractivity contribution in [2.24, 2.45) is 23.2 Å². The van der Waals surface area contributed by atoms with Gasteiger partial charge in [0.05, 0.1) is 13.2 Å². The molecule has 1 amide bonds. The third kappa shape index (κ3) is 5.53. The van der Waals surface area contributed by atoms with Crippen molar-refractivity contribution in [1.29, 1.82) is 0 Å². The van der Waals surface area contributed by atoms with Gasteiger partial charge in [0, 0.05) is 37.1 Å².